The molecule has 19 heavy (non-hydrogen) atoms. The van der Waals surface area contributed by atoms with Gasteiger partial charge in [-0.15, -0.1) is 0 Å². The van der Waals surface area contributed by atoms with Gasteiger partial charge in [-0.05, 0) is 30.5 Å². The zero-order valence-corrected chi connectivity index (χ0v) is 11.4. The quantitative estimate of drug-likeness (QED) is 0.862. The summed E-state index contributed by atoms with van der Waals surface area (Å²) in [5.74, 6) is 0.988. The molecule has 0 unspecified atom stereocenters. The topological polar surface area (TPSA) is 50.4 Å². The van der Waals surface area contributed by atoms with E-state index in [1.54, 1.807) is 0 Å². The van der Waals surface area contributed by atoms with Gasteiger partial charge >= 0.3 is 0 Å². The van der Waals surface area contributed by atoms with Gasteiger partial charge in [0.1, 0.15) is 5.75 Å². The molecule has 2 N–H and O–H groups in total. The SMILES string of the molecule is O=C(CNCc1cc(Cl)cc2c1OCC2)NC1CC1. The molecule has 2 aliphatic rings. The Morgan fingerprint density at radius 1 is 1.42 bits per heavy atom. The molecule has 0 aromatic heterocycles. The molecule has 1 heterocycles. The number of hydrogen-bond acceptors (Lipinski definition) is 3. The van der Waals surface area contributed by atoms with Gasteiger partial charge in [-0.1, -0.05) is 11.6 Å². The van der Waals surface area contributed by atoms with Crippen molar-refractivity contribution in [1.82, 2.24) is 10.6 Å². The number of halogens is 1. The number of benzene rings is 1. The molecule has 1 aliphatic heterocycles. The third-order valence-electron chi connectivity index (χ3n) is 3.37. The highest BCUT2D eigenvalue weighted by Gasteiger charge is 2.23. The van der Waals surface area contributed by atoms with Crippen LogP contribution in [0.25, 0.3) is 0 Å². The van der Waals surface area contributed by atoms with Gasteiger partial charge in [0.2, 0.25) is 5.91 Å². The third kappa shape index (κ3) is 3.19. The van der Waals surface area contributed by atoms with E-state index in [9.17, 15) is 4.79 Å². The van der Waals surface area contributed by atoms with Crippen molar-refractivity contribution in [1.29, 1.82) is 0 Å². The van der Waals surface area contributed by atoms with Crippen LogP contribution in [-0.4, -0.2) is 25.1 Å². The standard InChI is InChI=1S/C14H17ClN2O2/c15-11-5-9-3-4-19-14(9)10(6-11)7-16-8-13(18)17-12-1-2-12/h5-6,12,16H,1-4,7-8H2,(H,17,18). The first-order valence-corrected chi connectivity index (χ1v) is 7.04. The molecule has 1 fully saturated rings. The number of amides is 1. The summed E-state index contributed by atoms with van der Waals surface area (Å²) in [6, 6.07) is 4.26. The normalized spacial score (nSPS) is 16.9. The minimum Gasteiger partial charge on any atom is -0.493 e. The molecule has 1 aliphatic carbocycles. The van der Waals surface area contributed by atoms with Crippen LogP contribution in [0.4, 0.5) is 0 Å². The molecule has 1 aromatic carbocycles. The zero-order chi connectivity index (χ0) is 13.2. The molecule has 3 rings (SSSR count). The maximum atomic E-state index is 11.6. The number of nitrogens with one attached hydrogen (secondary N) is 2. The van der Waals surface area contributed by atoms with E-state index in [1.807, 2.05) is 12.1 Å². The zero-order valence-electron chi connectivity index (χ0n) is 10.7. The summed E-state index contributed by atoms with van der Waals surface area (Å²) in [7, 11) is 0. The molecule has 1 aromatic rings. The molecule has 0 radical (unpaired) electrons. The number of carbonyl (C=O) groups is 1. The van der Waals surface area contributed by atoms with Crippen molar-refractivity contribution in [2.75, 3.05) is 13.2 Å². The maximum Gasteiger partial charge on any atom is 0.234 e. The number of rotatable bonds is 5. The van der Waals surface area contributed by atoms with E-state index in [0.29, 0.717) is 25.7 Å². The minimum absolute atomic E-state index is 0.0575. The van der Waals surface area contributed by atoms with Gasteiger partial charge in [0.05, 0.1) is 13.2 Å². The molecule has 1 saturated carbocycles. The molecule has 0 atom stereocenters. The van der Waals surface area contributed by atoms with E-state index >= 15 is 0 Å². The summed E-state index contributed by atoms with van der Waals surface area (Å²) >= 11 is 6.08. The summed E-state index contributed by atoms with van der Waals surface area (Å²) in [6.45, 7) is 1.64. The maximum absolute atomic E-state index is 11.6. The molecular weight excluding hydrogens is 264 g/mol. The highest BCUT2D eigenvalue weighted by Crippen LogP contribution is 2.32. The Labute approximate surface area is 117 Å². The third-order valence-corrected chi connectivity index (χ3v) is 3.59. The molecular formula is C14H17ClN2O2. The fourth-order valence-electron chi connectivity index (χ4n) is 2.29. The first kappa shape index (κ1) is 12.8. The smallest absolute Gasteiger partial charge is 0.234 e. The van der Waals surface area contributed by atoms with E-state index in [0.717, 1.165) is 41.2 Å². The van der Waals surface area contributed by atoms with Crippen molar-refractivity contribution < 1.29 is 9.53 Å². The Morgan fingerprint density at radius 3 is 3.05 bits per heavy atom. The summed E-state index contributed by atoms with van der Waals surface area (Å²) in [5, 5.41) is 6.81. The lowest BCUT2D eigenvalue weighted by atomic mass is 10.1. The Bertz CT molecular complexity index is 500. The van der Waals surface area contributed by atoms with Crippen LogP contribution < -0.4 is 15.4 Å². The lowest BCUT2D eigenvalue weighted by Gasteiger charge is -2.10. The van der Waals surface area contributed by atoms with Crippen LogP contribution in [0, 0.1) is 0 Å². The highest BCUT2D eigenvalue weighted by molar-refractivity contribution is 6.30. The van der Waals surface area contributed by atoms with Gasteiger partial charge in [0, 0.05) is 29.6 Å². The Hall–Kier alpha value is -1.26. The summed E-state index contributed by atoms with van der Waals surface area (Å²) < 4.78 is 5.62. The largest absolute Gasteiger partial charge is 0.493 e. The predicted molar refractivity (Wildman–Crippen MR) is 73.5 cm³/mol. The van der Waals surface area contributed by atoms with E-state index in [1.165, 1.54) is 0 Å². The molecule has 4 nitrogen and oxygen atoms in total. The number of hydrogen-bond donors (Lipinski definition) is 2. The first-order chi connectivity index (χ1) is 9.22. The average Bonchev–Trinajstić information content (AvgIpc) is 3.04. The monoisotopic (exact) mass is 280 g/mol. The van der Waals surface area contributed by atoms with Crippen LogP contribution in [0.3, 0.4) is 0 Å². The number of fused-ring (bicyclic) bond motifs is 1. The van der Waals surface area contributed by atoms with Gasteiger partial charge in [0.25, 0.3) is 0 Å². The number of ether oxygens (including phenoxy) is 1. The summed E-state index contributed by atoms with van der Waals surface area (Å²) in [5.41, 5.74) is 2.19. The second-order valence-corrected chi connectivity index (χ2v) is 5.53. The van der Waals surface area contributed by atoms with Crippen LogP contribution in [0.2, 0.25) is 5.02 Å². The van der Waals surface area contributed by atoms with Crippen molar-refractivity contribution in [3.8, 4) is 5.75 Å². The van der Waals surface area contributed by atoms with Crippen LogP contribution >= 0.6 is 11.6 Å². The predicted octanol–water partition coefficient (Wildman–Crippen LogP) is 1.64. The molecule has 0 spiro atoms. The number of carbonyl (C=O) groups excluding carboxylic acids is 1. The Balaban J connectivity index is 1.56. The van der Waals surface area contributed by atoms with Crippen molar-refractivity contribution >= 4 is 17.5 Å². The van der Waals surface area contributed by atoms with Crippen molar-refractivity contribution in [3.63, 3.8) is 0 Å². The lowest BCUT2D eigenvalue weighted by Crippen LogP contribution is -2.34. The van der Waals surface area contributed by atoms with Crippen LogP contribution in [0.15, 0.2) is 12.1 Å². The molecule has 102 valence electrons. The van der Waals surface area contributed by atoms with E-state index in [-0.39, 0.29) is 5.91 Å². The van der Waals surface area contributed by atoms with Gasteiger partial charge in [-0.2, -0.15) is 0 Å². The molecule has 0 saturated heterocycles. The van der Waals surface area contributed by atoms with Crippen LogP contribution in [0.5, 0.6) is 5.75 Å². The molecule has 5 heteroatoms. The summed E-state index contributed by atoms with van der Waals surface area (Å²) in [4.78, 5) is 11.6. The molecule has 0 bridgehead atoms. The fraction of sp³-hybridized carbons (Fsp3) is 0.500. The second kappa shape index (κ2) is 5.39. The Kier molecular flexibility index (Phi) is 3.62. The van der Waals surface area contributed by atoms with Gasteiger partial charge in [-0.25, -0.2) is 0 Å². The van der Waals surface area contributed by atoms with E-state index in [4.69, 9.17) is 16.3 Å². The molecule has 1 amide bonds. The van der Waals surface area contributed by atoms with Crippen molar-refractivity contribution in [2.45, 2.75) is 31.8 Å². The van der Waals surface area contributed by atoms with Crippen molar-refractivity contribution in [2.24, 2.45) is 0 Å². The summed E-state index contributed by atoms with van der Waals surface area (Å²) in [6.07, 6.45) is 3.13. The second-order valence-electron chi connectivity index (χ2n) is 5.10. The van der Waals surface area contributed by atoms with E-state index in [2.05, 4.69) is 10.6 Å². The fourth-order valence-corrected chi connectivity index (χ4v) is 2.56. The van der Waals surface area contributed by atoms with Crippen LogP contribution in [0.1, 0.15) is 24.0 Å². The average molecular weight is 281 g/mol. The van der Waals surface area contributed by atoms with Gasteiger partial charge < -0.3 is 15.4 Å². The highest BCUT2D eigenvalue weighted by atomic mass is 35.5. The van der Waals surface area contributed by atoms with Gasteiger partial charge in [-0.3, -0.25) is 4.79 Å². The van der Waals surface area contributed by atoms with E-state index < -0.39 is 0 Å². The lowest BCUT2D eigenvalue weighted by molar-refractivity contribution is -0.120. The van der Waals surface area contributed by atoms with Gasteiger partial charge in [0.15, 0.2) is 0 Å². The van der Waals surface area contributed by atoms with Crippen molar-refractivity contribution in [3.05, 3.63) is 28.3 Å². The van der Waals surface area contributed by atoms with Crippen LogP contribution in [-0.2, 0) is 17.8 Å². The minimum atomic E-state index is 0.0575. The Morgan fingerprint density at radius 2 is 2.26 bits per heavy atom. The first-order valence-electron chi connectivity index (χ1n) is 6.66.